The van der Waals surface area contributed by atoms with Gasteiger partial charge >= 0.3 is 0 Å². The van der Waals surface area contributed by atoms with Crippen LogP contribution in [0.4, 0.5) is 11.4 Å². The standard InChI is InChI=1S/C21H18N2O2.C15H14O4.C13H12N2O.C8H8O/c1-21(2)17(24)11-14-19-18(22-15-9-5-6-10-16(15)23-19)12-7-3-4-8-13(12)20(14)25-21;1-15(2)11(16)7-10-13(18)12(17)8-5-3-4-6-9(8)14(10)19-15;14-11-7-6-10(8-12(11)15)13(16)9-4-2-1-3-5-9;1-7(9)8-5-3-2-4-6-8/h3-10,17,24H,11H2,1-2H3;3-6,11,16H,7H2,1-2H3;1-8H,14-15H2;2-6H,1H3. The minimum Gasteiger partial charge on any atom is -0.484 e. The monoisotopic (exact) mass is 920 g/mol. The molecule has 2 aliphatic heterocycles. The number of rotatable bonds is 3. The third-order valence-electron chi connectivity index (χ3n) is 12.4. The Morgan fingerprint density at radius 3 is 1.70 bits per heavy atom. The van der Waals surface area contributed by atoms with Gasteiger partial charge in [0.1, 0.15) is 22.7 Å². The number of ketones is 4. The van der Waals surface area contributed by atoms with Gasteiger partial charge in [0.25, 0.3) is 0 Å². The number of carbonyl (C=O) groups excluding carboxylic acids is 4. The first kappa shape index (κ1) is 47.4. The largest absolute Gasteiger partial charge is 0.484 e. The Hall–Kier alpha value is -8.06. The lowest BCUT2D eigenvalue weighted by Gasteiger charge is -2.39. The molecule has 0 spiro atoms. The number of aliphatic hydroxyl groups is 2. The summed E-state index contributed by atoms with van der Waals surface area (Å²) in [5, 5.41) is 22.6. The molecular formula is C57H52N4O8. The second-order valence-corrected chi connectivity index (χ2v) is 18.1. The smallest absolute Gasteiger partial charge is 0.234 e. The van der Waals surface area contributed by atoms with Gasteiger partial charge < -0.3 is 31.2 Å². The third-order valence-corrected chi connectivity index (χ3v) is 12.4. The maximum atomic E-state index is 12.1. The summed E-state index contributed by atoms with van der Waals surface area (Å²) in [5.74, 6) is 0.245. The van der Waals surface area contributed by atoms with Crippen LogP contribution in [0.3, 0.4) is 0 Å². The normalized spacial score (nSPS) is 17.2. The lowest BCUT2D eigenvalue weighted by atomic mass is 9.81. The summed E-state index contributed by atoms with van der Waals surface area (Å²) in [7, 11) is 0. The van der Waals surface area contributed by atoms with Gasteiger partial charge in [0.2, 0.25) is 11.6 Å². The summed E-state index contributed by atoms with van der Waals surface area (Å²) in [5.41, 5.74) is 18.4. The van der Waals surface area contributed by atoms with Crippen molar-refractivity contribution in [3.05, 3.63) is 191 Å². The van der Waals surface area contributed by atoms with Gasteiger partial charge in [-0.25, -0.2) is 9.97 Å². The van der Waals surface area contributed by atoms with Gasteiger partial charge in [0.15, 0.2) is 11.6 Å². The Balaban J connectivity index is 0.000000131. The molecule has 3 aliphatic rings. The Bertz CT molecular complexity index is 3330. The van der Waals surface area contributed by atoms with E-state index in [1.54, 1.807) is 75.4 Å². The fraction of sp³-hybridized carbons (Fsp3) is 0.193. The zero-order chi connectivity index (χ0) is 49.2. The van der Waals surface area contributed by atoms with Crippen molar-refractivity contribution in [2.75, 3.05) is 11.5 Å². The second-order valence-electron chi connectivity index (χ2n) is 18.1. The van der Waals surface area contributed by atoms with E-state index in [0.717, 1.165) is 49.7 Å². The average Bonchev–Trinajstić information content (AvgIpc) is 3.35. The minimum absolute atomic E-state index is 0.0488. The Kier molecular flexibility index (Phi) is 13.2. The van der Waals surface area contributed by atoms with E-state index in [-0.39, 0.29) is 23.6 Å². The Labute approximate surface area is 399 Å². The molecule has 6 N–H and O–H groups in total. The number of hydrogen-bond donors (Lipinski definition) is 4. The first-order valence-corrected chi connectivity index (χ1v) is 22.5. The van der Waals surface area contributed by atoms with Gasteiger partial charge in [-0.3, -0.25) is 19.2 Å². The molecule has 1 aliphatic carbocycles. The summed E-state index contributed by atoms with van der Waals surface area (Å²) < 4.78 is 12.0. The quantitative estimate of drug-likeness (QED) is 0.0430. The number of nitrogens with zero attached hydrogens (tertiary/aromatic N) is 2. The predicted molar refractivity (Wildman–Crippen MR) is 269 cm³/mol. The molecule has 0 radical (unpaired) electrons. The summed E-state index contributed by atoms with van der Waals surface area (Å²) >= 11 is 0. The highest BCUT2D eigenvalue weighted by atomic mass is 16.5. The molecule has 348 valence electrons. The molecule has 69 heavy (non-hydrogen) atoms. The van der Waals surface area contributed by atoms with Crippen LogP contribution in [0.2, 0.25) is 0 Å². The predicted octanol–water partition coefficient (Wildman–Crippen LogP) is 9.70. The van der Waals surface area contributed by atoms with E-state index >= 15 is 0 Å². The van der Waals surface area contributed by atoms with Crippen LogP contribution in [-0.4, -0.2) is 66.7 Å². The van der Waals surface area contributed by atoms with E-state index in [0.29, 0.717) is 45.8 Å². The van der Waals surface area contributed by atoms with Gasteiger partial charge in [-0.2, -0.15) is 0 Å². The molecule has 12 nitrogen and oxygen atoms in total. The van der Waals surface area contributed by atoms with Crippen LogP contribution in [0.25, 0.3) is 38.6 Å². The van der Waals surface area contributed by atoms with Crippen molar-refractivity contribution in [1.82, 2.24) is 9.97 Å². The van der Waals surface area contributed by atoms with Crippen LogP contribution in [0.5, 0.6) is 5.75 Å². The number of hydrogen-bond acceptors (Lipinski definition) is 12. The van der Waals surface area contributed by atoms with Crippen molar-refractivity contribution < 1.29 is 38.9 Å². The molecule has 7 aromatic carbocycles. The number of ether oxygens (including phenoxy) is 2. The highest BCUT2D eigenvalue weighted by molar-refractivity contribution is 6.52. The number of fused-ring (bicyclic) bond motifs is 9. The van der Waals surface area contributed by atoms with E-state index in [1.165, 1.54) is 0 Å². The van der Waals surface area contributed by atoms with Gasteiger partial charge in [-0.1, -0.05) is 121 Å². The number of nitrogens with two attached hydrogens (primary N) is 2. The van der Waals surface area contributed by atoms with Crippen LogP contribution in [0, 0.1) is 0 Å². The number of para-hydroxylation sites is 2. The molecule has 2 unspecified atom stereocenters. The molecule has 0 bridgehead atoms. The highest BCUT2D eigenvalue weighted by Gasteiger charge is 2.44. The van der Waals surface area contributed by atoms with Crippen LogP contribution in [0.15, 0.2) is 157 Å². The molecule has 0 amide bonds. The Morgan fingerprint density at radius 1 is 0.565 bits per heavy atom. The van der Waals surface area contributed by atoms with Crippen molar-refractivity contribution in [3.63, 3.8) is 0 Å². The van der Waals surface area contributed by atoms with Gasteiger partial charge in [0.05, 0.1) is 45.6 Å². The van der Waals surface area contributed by atoms with Crippen LogP contribution in [0.1, 0.15) is 88.8 Å². The number of carbonyl (C=O) groups is 4. The fourth-order valence-corrected chi connectivity index (χ4v) is 8.25. The molecule has 12 heteroatoms. The lowest BCUT2D eigenvalue weighted by molar-refractivity contribution is -0.114. The van der Waals surface area contributed by atoms with E-state index in [4.69, 9.17) is 30.9 Å². The SMILES string of the molecule is CC(=O)c1ccccc1.CC1(C)OC2=C(CC1O)C(=O)C(=O)c1ccccc12.CC1(C)Oc2c(c3nc4ccccc4nc3c3ccccc23)CC1O.Nc1ccc(C(=O)c2ccccc2)cc1N. The third kappa shape index (κ3) is 9.71. The molecule has 2 atom stereocenters. The van der Waals surface area contributed by atoms with Crippen molar-refractivity contribution >= 4 is 73.1 Å². The molecule has 1 aromatic heterocycles. The zero-order valence-electron chi connectivity index (χ0n) is 38.9. The van der Waals surface area contributed by atoms with Crippen LogP contribution < -0.4 is 16.2 Å². The maximum absolute atomic E-state index is 12.1. The number of aromatic nitrogens is 2. The summed E-state index contributed by atoms with van der Waals surface area (Å²) in [6, 6.07) is 46.1. The molecule has 8 aromatic rings. The van der Waals surface area contributed by atoms with Crippen molar-refractivity contribution in [3.8, 4) is 5.75 Å². The Morgan fingerprint density at radius 2 is 1.09 bits per heavy atom. The molecule has 0 fully saturated rings. The number of Topliss-reactive ketones (excluding diaryl/α,β-unsaturated/α-hetero) is 3. The summed E-state index contributed by atoms with van der Waals surface area (Å²) in [6.07, 6.45) is -0.719. The van der Waals surface area contributed by atoms with E-state index in [9.17, 15) is 29.4 Å². The van der Waals surface area contributed by atoms with Crippen LogP contribution in [-0.2, 0) is 16.0 Å². The minimum atomic E-state index is -0.798. The molecule has 0 saturated heterocycles. The van der Waals surface area contributed by atoms with Crippen molar-refractivity contribution in [1.29, 1.82) is 0 Å². The fourth-order valence-electron chi connectivity index (χ4n) is 8.25. The number of nitrogen functional groups attached to an aromatic ring is 2. The van der Waals surface area contributed by atoms with Gasteiger partial charge in [-0.15, -0.1) is 0 Å². The highest BCUT2D eigenvalue weighted by Crippen LogP contribution is 2.44. The summed E-state index contributed by atoms with van der Waals surface area (Å²) in [4.78, 5) is 56.5. The van der Waals surface area contributed by atoms with E-state index in [2.05, 4.69) is 12.1 Å². The number of anilines is 2. The van der Waals surface area contributed by atoms with Crippen molar-refractivity contribution in [2.24, 2.45) is 0 Å². The topological polar surface area (TPSA) is 205 Å². The van der Waals surface area contributed by atoms with Crippen LogP contribution >= 0.6 is 0 Å². The zero-order valence-corrected chi connectivity index (χ0v) is 38.9. The lowest BCUT2D eigenvalue weighted by Crippen LogP contribution is -2.46. The van der Waals surface area contributed by atoms with Gasteiger partial charge in [-0.05, 0) is 65.0 Å². The second kappa shape index (κ2) is 19.3. The first-order valence-electron chi connectivity index (χ1n) is 22.5. The summed E-state index contributed by atoms with van der Waals surface area (Å²) in [6.45, 7) is 8.95. The van der Waals surface area contributed by atoms with E-state index < -0.39 is 35.0 Å². The molecular weight excluding hydrogens is 869 g/mol. The van der Waals surface area contributed by atoms with Crippen molar-refractivity contribution in [2.45, 2.75) is 70.9 Å². The van der Waals surface area contributed by atoms with Gasteiger partial charge in [0, 0.05) is 62.6 Å². The first-order chi connectivity index (χ1) is 32.9. The van der Waals surface area contributed by atoms with E-state index in [1.807, 2.05) is 98.8 Å². The maximum Gasteiger partial charge on any atom is 0.234 e. The molecule has 11 rings (SSSR count). The molecule has 3 heterocycles. The molecule has 0 saturated carbocycles. The number of benzene rings is 7. The average molecular weight is 921 g/mol. The number of aliphatic hydroxyl groups excluding tert-OH is 2.